The van der Waals surface area contributed by atoms with Crippen LogP contribution < -0.4 is 10.1 Å². The van der Waals surface area contributed by atoms with Crippen molar-refractivity contribution in [2.75, 3.05) is 13.1 Å². The third-order valence-corrected chi connectivity index (χ3v) is 7.43. The van der Waals surface area contributed by atoms with Gasteiger partial charge in [0.25, 0.3) is 0 Å². The molecule has 1 unspecified atom stereocenters. The minimum atomic E-state index is -5.08. The highest BCUT2D eigenvalue weighted by molar-refractivity contribution is 5.84. The Balaban J connectivity index is 0.000000345. The molecule has 5 rings (SSSR count). The van der Waals surface area contributed by atoms with Crippen molar-refractivity contribution in [3.63, 3.8) is 0 Å². The number of fused-ring (bicyclic) bond motifs is 2. The van der Waals surface area contributed by atoms with Crippen molar-refractivity contribution in [2.45, 2.75) is 63.0 Å². The number of aromatic amines is 1. The smallest absolute Gasteiger partial charge is 0.487 e. The lowest BCUT2D eigenvalue weighted by Crippen LogP contribution is -2.53. The molecular formula is C30H31F6N3O7. The number of rotatable bonds is 4. The molecule has 3 aromatic rings. The van der Waals surface area contributed by atoms with Gasteiger partial charge in [0.1, 0.15) is 11.4 Å². The number of aromatic nitrogens is 1. The van der Waals surface area contributed by atoms with Crippen molar-refractivity contribution >= 4 is 34.7 Å². The summed E-state index contributed by atoms with van der Waals surface area (Å²) >= 11 is 0. The molecule has 1 atom stereocenters. The standard InChI is InChI=1S/C26H29N3O3.2C2HF3O2/c1-18(30)29-14-12-26(13-15-29)16-23(21-7-3-5-9-24(21)32-26)28-25(31)11-10-19-17-27-22-8-4-2-6-20(19)22;2*3-2(4,5)1(6)7/h2-9,17,23,27H,10-16H2,1H3,(H,28,31);2*(H,6,7). The van der Waals surface area contributed by atoms with Crippen LogP contribution in [0.3, 0.4) is 0 Å². The van der Waals surface area contributed by atoms with Crippen LogP contribution in [0.4, 0.5) is 26.3 Å². The second kappa shape index (κ2) is 14.6. The Morgan fingerprint density at radius 2 is 1.48 bits per heavy atom. The number of carbonyl (C=O) groups is 4. The predicted octanol–water partition coefficient (Wildman–Crippen LogP) is 5.39. The fourth-order valence-corrected chi connectivity index (χ4v) is 5.14. The van der Waals surface area contributed by atoms with Gasteiger partial charge in [0.05, 0.1) is 6.04 Å². The van der Waals surface area contributed by atoms with Crippen molar-refractivity contribution in [1.29, 1.82) is 0 Å². The first kappa shape index (κ1) is 35.7. The number of ether oxygens (including phenoxy) is 1. The fourth-order valence-electron chi connectivity index (χ4n) is 5.14. The molecule has 16 heteroatoms. The van der Waals surface area contributed by atoms with Gasteiger partial charge in [-0.15, -0.1) is 0 Å². The van der Waals surface area contributed by atoms with E-state index in [2.05, 4.69) is 22.4 Å². The third-order valence-electron chi connectivity index (χ3n) is 7.43. The van der Waals surface area contributed by atoms with Crippen LogP contribution in [0.1, 0.15) is 49.8 Å². The summed E-state index contributed by atoms with van der Waals surface area (Å²) in [5.41, 5.74) is 2.96. The Morgan fingerprint density at radius 1 is 0.935 bits per heavy atom. The molecule has 3 heterocycles. The normalized spacial score (nSPS) is 16.9. The first-order valence-electron chi connectivity index (χ1n) is 13.9. The maximum Gasteiger partial charge on any atom is 0.490 e. The number of carboxylic acids is 2. The van der Waals surface area contributed by atoms with E-state index in [-0.39, 0.29) is 23.5 Å². The van der Waals surface area contributed by atoms with Gasteiger partial charge in [0.2, 0.25) is 11.8 Å². The summed E-state index contributed by atoms with van der Waals surface area (Å²) in [5.74, 6) is -4.51. The zero-order valence-electron chi connectivity index (χ0n) is 24.4. The largest absolute Gasteiger partial charge is 0.490 e. The van der Waals surface area contributed by atoms with Gasteiger partial charge in [0.15, 0.2) is 0 Å². The fraction of sp³-hybridized carbons (Fsp3) is 0.400. The van der Waals surface area contributed by atoms with E-state index in [9.17, 15) is 35.9 Å². The van der Waals surface area contributed by atoms with Gasteiger partial charge in [-0.25, -0.2) is 9.59 Å². The van der Waals surface area contributed by atoms with Gasteiger partial charge >= 0.3 is 24.3 Å². The van der Waals surface area contributed by atoms with Crippen molar-refractivity contribution in [3.8, 4) is 5.75 Å². The SMILES string of the molecule is CC(=O)N1CCC2(CC1)CC(NC(=O)CCc1c[nH]c3ccccc13)c1ccccc1O2.O=C(O)C(F)(F)F.O=C(O)C(F)(F)F. The minimum absolute atomic E-state index is 0.0494. The highest BCUT2D eigenvalue weighted by atomic mass is 19.4. The number of nitrogens with one attached hydrogen (secondary N) is 2. The molecule has 0 bridgehead atoms. The average Bonchev–Trinajstić information content (AvgIpc) is 3.39. The van der Waals surface area contributed by atoms with Gasteiger partial charge < -0.3 is 30.2 Å². The van der Waals surface area contributed by atoms with Crippen LogP contribution in [0.5, 0.6) is 5.75 Å². The molecular weight excluding hydrogens is 628 g/mol. The van der Waals surface area contributed by atoms with E-state index in [1.807, 2.05) is 47.5 Å². The Bertz CT molecular complexity index is 1520. The quantitative estimate of drug-likeness (QED) is 0.275. The van der Waals surface area contributed by atoms with Crippen LogP contribution in [0, 0.1) is 0 Å². The number of nitrogens with zero attached hydrogens (tertiary/aromatic N) is 1. The van der Waals surface area contributed by atoms with Gasteiger partial charge in [0, 0.05) is 68.4 Å². The van der Waals surface area contributed by atoms with Crippen molar-refractivity contribution in [2.24, 2.45) is 0 Å². The number of aryl methyl sites for hydroxylation is 1. The van der Waals surface area contributed by atoms with Crippen LogP contribution in [0.25, 0.3) is 10.9 Å². The molecule has 4 N–H and O–H groups in total. The first-order valence-corrected chi connectivity index (χ1v) is 13.9. The zero-order chi connectivity index (χ0) is 34.3. The number of H-pyrrole nitrogens is 1. The number of amides is 2. The number of alkyl halides is 6. The Morgan fingerprint density at radius 3 is 2.04 bits per heavy atom. The molecule has 2 amide bonds. The second-order valence-corrected chi connectivity index (χ2v) is 10.6. The van der Waals surface area contributed by atoms with E-state index >= 15 is 0 Å². The van der Waals surface area contributed by atoms with E-state index in [1.54, 1.807) is 6.92 Å². The topological polar surface area (TPSA) is 149 Å². The average molecular weight is 660 g/mol. The Kier molecular flexibility index (Phi) is 11.3. The van der Waals surface area contributed by atoms with Gasteiger partial charge in [-0.2, -0.15) is 26.3 Å². The second-order valence-electron chi connectivity index (χ2n) is 10.6. The number of halogens is 6. The molecule has 250 valence electrons. The summed E-state index contributed by atoms with van der Waals surface area (Å²) in [4.78, 5) is 47.7. The highest BCUT2D eigenvalue weighted by Gasteiger charge is 2.44. The van der Waals surface area contributed by atoms with Gasteiger partial charge in [-0.05, 0) is 24.1 Å². The van der Waals surface area contributed by atoms with Gasteiger partial charge in [-0.1, -0.05) is 36.4 Å². The maximum atomic E-state index is 12.9. The molecule has 46 heavy (non-hydrogen) atoms. The number of hydrogen-bond acceptors (Lipinski definition) is 5. The molecule has 1 saturated heterocycles. The van der Waals surface area contributed by atoms with E-state index in [0.29, 0.717) is 25.9 Å². The summed E-state index contributed by atoms with van der Waals surface area (Å²) in [6.45, 7) is 3.00. The number of hydrogen-bond donors (Lipinski definition) is 4. The molecule has 0 aliphatic carbocycles. The van der Waals surface area contributed by atoms with E-state index in [4.69, 9.17) is 24.5 Å². The lowest BCUT2D eigenvalue weighted by molar-refractivity contribution is -0.193. The number of para-hydroxylation sites is 2. The van der Waals surface area contributed by atoms with Gasteiger partial charge in [-0.3, -0.25) is 9.59 Å². The Hall–Kier alpha value is -4.76. The predicted molar refractivity (Wildman–Crippen MR) is 151 cm³/mol. The van der Waals surface area contributed by atoms with Crippen molar-refractivity contribution < 1.29 is 60.5 Å². The molecule has 2 aromatic carbocycles. The van der Waals surface area contributed by atoms with Crippen LogP contribution in [0.15, 0.2) is 54.7 Å². The number of piperidine rings is 1. The summed E-state index contributed by atoms with van der Waals surface area (Å²) in [7, 11) is 0. The lowest BCUT2D eigenvalue weighted by Gasteiger charge is -2.46. The number of carboxylic acid groups (broad SMARTS) is 2. The molecule has 1 aromatic heterocycles. The van der Waals surface area contributed by atoms with Crippen molar-refractivity contribution in [3.05, 3.63) is 65.9 Å². The molecule has 2 aliphatic rings. The summed E-state index contributed by atoms with van der Waals surface area (Å²) in [5, 5.41) is 18.7. The van der Waals surface area contributed by atoms with E-state index < -0.39 is 24.3 Å². The molecule has 0 radical (unpaired) electrons. The number of benzene rings is 2. The minimum Gasteiger partial charge on any atom is -0.487 e. The highest BCUT2D eigenvalue weighted by Crippen LogP contribution is 2.44. The van der Waals surface area contributed by atoms with Crippen LogP contribution in [-0.2, 0) is 25.6 Å². The van der Waals surface area contributed by atoms with Crippen LogP contribution >= 0.6 is 0 Å². The third kappa shape index (κ3) is 9.62. The molecule has 2 aliphatic heterocycles. The molecule has 1 spiro atoms. The summed E-state index contributed by atoms with van der Waals surface area (Å²) in [6.07, 6.45) is -4.74. The van der Waals surface area contributed by atoms with Crippen LogP contribution in [0.2, 0.25) is 0 Å². The summed E-state index contributed by atoms with van der Waals surface area (Å²) < 4.78 is 69.9. The number of likely N-dealkylation sites (tertiary alicyclic amines) is 1. The molecule has 1 fully saturated rings. The van der Waals surface area contributed by atoms with E-state index in [0.717, 1.165) is 41.7 Å². The molecule has 10 nitrogen and oxygen atoms in total. The number of carbonyl (C=O) groups excluding carboxylic acids is 2. The van der Waals surface area contributed by atoms with Crippen molar-refractivity contribution in [1.82, 2.24) is 15.2 Å². The zero-order valence-corrected chi connectivity index (χ0v) is 24.4. The summed E-state index contributed by atoms with van der Waals surface area (Å²) in [6, 6.07) is 16.1. The number of aliphatic carboxylic acids is 2. The Labute approximate surface area is 258 Å². The molecule has 0 saturated carbocycles. The maximum absolute atomic E-state index is 12.9. The van der Waals surface area contributed by atoms with Crippen LogP contribution in [-0.4, -0.2) is 74.9 Å². The van der Waals surface area contributed by atoms with E-state index in [1.165, 1.54) is 5.39 Å². The monoisotopic (exact) mass is 659 g/mol. The first-order chi connectivity index (χ1) is 21.4. The lowest BCUT2D eigenvalue weighted by atomic mass is 9.80.